The van der Waals surface area contributed by atoms with Gasteiger partial charge in [-0.2, -0.15) is 0 Å². The molecule has 0 unspecified atom stereocenters. The Hall–Kier alpha value is -3.05. The van der Waals surface area contributed by atoms with E-state index in [1.807, 2.05) is 4.72 Å². The summed E-state index contributed by atoms with van der Waals surface area (Å²) in [6, 6.07) is 5.39. The average Bonchev–Trinajstić information content (AvgIpc) is 2.63. The van der Waals surface area contributed by atoms with Crippen molar-refractivity contribution in [2.75, 3.05) is 11.3 Å². The predicted octanol–water partition coefficient (Wildman–Crippen LogP) is 1.96. The van der Waals surface area contributed by atoms with Crippen LogP contribution in [0.5, 0.6) is 0 Å². The molecule has 0 radical (unpaired) electrons. The molecule has 2 rings (SSSR count). The number of carboxylic acids is 1. The average molecular weight is 428 g/mol. The van der Waals surface area contributed by atoms with Gasteiger partial charge in [0.2, 0.25) is 0 Å². The molecule has 0 atom stereocenters. The van der Waals surface area contributed by atoms with E-state index in [1.165, 1.54) is 12.1 Å². The topological polar surface area (TPSA) is 133 Å². The van der Waals surface area contributed by atoms with E-state index in [9.17, 15) is 31.9 Å². The lowest BCUT2D eigenvalue weighted by molar-refractivity contribution is 0.0691. The molecule has 156 valence electrons. The first kappa shape index (κ1) is 22.2. The van der Waals surface area contributed by atoms with Gasteiger partial charge in [0.25, 0.3) is 15.9 Å². The van der Waals surface area contributed by atoms with Gasteiger partial charge < -0.3 is 15.5 Å². The minimum Gasteiger partial charge on any atom is -0.478 e. The SMILES string of the molecule is CC(C)(CO)NC(=O)c1ccc(S(=O)(=O)Nc2cc(F)c(C(=O)O)cc2F)cc1. The fraction of sp³-hybridized carbons (Fsp3) is 0.222. The number of amides is 1. The highest BCUT2D eigenvalue weighted by molar-refractivity contribution is 7.92. The highest BCUT2D eigenvalue weighted by Gasteiger charge is 2.22. The lowest BCUT2D eigenvalue weighted by atomic mass is 10.1. The molecule has 0 aliphatic carbocycles. The van der Waals surface area contributed by atoms with Crippen molar-refractivity contribution in [2.45, 2.75) is 24.3 Å². The van der Waals surface area contributed by atoms with E-state index in [0.717, 1.165) is 12.1 Å². The minimum atomic E-state index is -4.34. The Balaban J connectivity index is 2.25. The number of halogens is 2. The highest BCUT2D eigenvalue weighted by atomic mass is 32.2. The van der Waals surface area contributed by atoms with Gasteiger partial charge in [-0.05, 0) is 44.2 Å². The molecule has 8 nitrogen and oxygen atoms in total. The van der Waals surface area contributed by atoms with E-state index in [4.69, 9.17) is 5.11 Å². The van der Waals surface area contributed by atoms with Crippen molar-refractivity contribution < 1.29 is 37.0 Å². The zero-order chi connectivity index (χ0) is 22.0. The number of carbonyl (C=O) groups is 2. The summed E-state index contributed by atoms with van der Waals surface area (Å²) in [6.45, 7) is 2.88. The molecule has 2 aromatic carbocycles. The van der Waals surface area contributed by atoms with Gasteiger partial charge in [-0.25, -0.2) is 22.0 Å². The van der Waals surface area contributed by atoms with E-state index in [1.54, 1.807) is 13.8 Å². The highest BCUT2D eigenvalue weighted by Crippen LogP contribution is 2.23. The van der Waals surface area contributed by atoms with Crippen LogP contribution in [0.2, 0.25) is 0 Å². The predicted molar refractivity (Wildman–Crippen MR) is 99.2 cm³/mol. The van der Waals surface area contributed by atoms with Crippen LogP contribution < -0.4 is 10.0 Å². The van der Waals surface area contributed by atoms with Crippen molar-refractivity contribution in [3.63, 3.8) is 0 Å². The second kappa shape index (κ2) is 8.13. The maximum Gasteiger partial charge on any atom is 0.338 e. The fourth-order valence-electron chi connectivity index (χ4n) is 2.20. The van der Waals surface area contributed by atoms with Gasteiger partial charge in [-0.1, -0.05) is 0 Å². The van der Waals surface area contributed by atoms with E-state index in [-0.39, 0.29) is 17.1 Å². The van der Waals surface area contributed by atoms with Crippen LogP contribution in [0.15, 0.2) is 41.3 Å². The van der Waals surface area contributed by atoms with Crippen LogP contribution in [0.25, 0.3) is 0 Å². The van der Waals surface area contributed by atoms with E-state index < -0.39 is 50.3 Å². The normalized spacial score (nSPS) is 11.8. The zero-order valence-electron chi connectivity index (χ0n) is 15.4. The first-order chi connectivity index (χ1) is 13.4. The molecule has 0 fully saturated rings. The van der Waals surface area contributed by atoms with Gasteiger partial charge in [0.1, 0.15) is 11.6 Å². The lowest BCUT2D eigenvalue weighted by Gasteiger charge is -2.23. The molecule has 0 saturated heterocycles. The van der Waals surface area contributed by atoms with Gasteiger partial charge in [0.15, 0.2) is 0 Å². The summed E-state index contributed by atoms with van der Waals surface area (Å²) in [7, 11) is -4.34. The quantitative estimate of drug-likeness (QED) is 0.533. The summed E-state index contributed by atoms with van der Waals surface area (Å²) >= 11 is 0. The Morgan fingerprint density at radius 2 is 1.66 bits per heavy atom. The number of rotatable bonds is 7. The Kier molecular flexibility index (Phi) is 6.24. The molecule has 0 aliphatic heterocycles. The number of benzene rings is 2. The maximum atomic E-state index is 14.0. The summed E-state index contributed by atoms with van der Waals surface area (Å²) < 4.78 is 54.3. The lowest BCUT2D eigenvalue weighted by Crippen LogP contribution is -2.46. The number of sulfonamides is 1. The van der Waals surface area contributed by atoms with Gasteiger partial charge >= 0.3 is 5.97 Å². The first-order valence-corrected chi connectivity index (χ1v) is 9.63. The van der Waals surface area contributed by atoms with Crippen molar-refractivity contribution in [3.8, 4) is 0 Å². The molecule has 0 saturated carbocycles. The van der Waals surface area contributed by atoms with Gasteiger partial charge in [-0.3, -0.25) is 9.52 Å². The second-order valence-electron chi connectivity index (χ2n) is 6.74. The summed E-state index contributed by atoms with van der Waals surface area (Å²) in [5.74, 6) is -4.82. The van der Waals surface area contributed by atoms with E-state index in [2.05, 4.69) is 5.32 Å². The van der Waals surface area contributed by atoms with Crippen LogP contribution in [0.3, 0.4) is 0 Å². The third-order valence-electron chi connectivity index (χ3n) is 3.81. The van der Waals surface area contributed by atoms with Crippen molar-refractivity contribution >= 4 is 27.6 Å². The van der Waals surface area contributed by atoms with E-state index >= 15 is 0 Å². The number of aliphatic hydroxyl groups is 1. The summed E-state index contributed by atoms with van der Waals surface area (Å²) in [4.78, 5) is 22.6. The standard InChI is InChI=1S/C18H18F2N2O6S/c1-18(2,9-23)21-16(24)10-3-5-11(6-4-10)29(27,28)22-15-8-13(19)12(17(25)26)7-14(15)20/h3-8,22-23H,9H2,1-2H3,(H,21,24)(H,25,26). The molecule has 2 aromatic rings. The Morgan fingerprint density at radius 3 is 2.17 bits per heavy atom. The Morgan fingerprint density at radius 1 is 1.07 bits per heavy atom. The van der Waals surface area contributed by atoms with Gasteiger partial charge in [0, 0.05) is 11.6 Å². The number of carbonyl (C=O) groups excluding carboxylic acids is 1. The number of hydrogen-bond donors (Lipinski definition) is 4. The smallest absolute Gasteiger partial charge is 0.338 e. The Labute approximate surface area is 165 Å². The van der Waals surface area contributed by atoms with Crippen LogP contribution >= 0.6 is 0 Å². The maximum absolute atomic E-state index is 14.0. The molecular weight excluding hydrogens is 410 g/mol. The molecule has 4 N–H and O–H groups in total. The monoisotopic (exact) mass is 428 g/mol. The van der Waals surface area contributed by atoms with Gasteiger partial charge in [0.05, 0.1) is 28.3 Å². The van der Waals surface area contributed by atoms with Crippen LogP contribution in [-0.4, -0.2) is 42.7 Å². The van der Waals surface area contributed by atoms with E-state index in [0.29, 0.717) is 12.1 Å². The van der Waals surface area contributed by atoms with Crippen molar-refractivity contribution in [2.24, 2.45) is 0 Å². The number of hydrogen-bond acceptors (Lipinski definition) is 5. The minimum absolute atomic E-state index is 0.119. The van der Waals surface area contributed by atoms with Gasteiger partial charge in [-0.15, -0.1) is 0 Å². The molecule has 11 heteroatoms. The van der Waals surface area contributed by atoms with Crippen molar-refractivity contribution in [1.82, 2.24) is 5.32 Å². The summed E-state index contributed by atoms with van der Waals surface area (Å²) in [5, 5.41) is 20.5. The number of anilines is 1. The Bertz CT molecular complexity index is 1050. The third-order valence-corrected chi connectivity index (χ3v) is 5.19. The number of nitrogens with one attached hydrogen (secondary N) is 2. The van der Waals surface area contributed by atoms with Crippen LogP contribution in [0, 0.1) is 11.6 Å². The zero-order valence-corrected chi connectivity index (χ0v) is 16.2. The molecular formula is C18H18F2N2O6S. The number of carboxylic acid groups (broad SMARTS) is 1. The van der Waals surface area contributed by atoms with Crippen molar-refractivity contribution in [1.29, 1.82) is 0 Å². The fourth-order valence-corrected chi connectivity index (χ4v) is 3.26. The molecule has 0 aliphatic rings. The molecule has 29 heavy (non-hydrogen) atoms. The summed E-state index contributed by atoms with van der Waals surface area (Å²) in [5.41, 5.74) is -2.47. The molecule has 1 amide bonds. The van der Waals surface area contributed by atoms with Crippen LogP contribution in [0.1, 0.15) is 34.6 Å². The number of aliphatic hydroxyl groups excluding tert-OH is 1. The van der Waals surface area contributed by atoms with Crippen LogP contribution in [0.4, 0.5) is 14.5 Å². The molecule has 0 aromatic heterocycles. The second-order valence-corrected chi connectivity index (χ2v) is 8.43. The van der Waals surface area contributed by atoms with Crippen LogP contribution in [-0.2, 0) is 10.0 Å². The summed E-state index contributed by atoms with van der Waals surface area (Å²) in [6.07, 6.45) is 0. The molecule has 0 heterocycles. The molecule has 0 bridgehead atoms. The van der Waals surface area contributed by atoms with Crippen molar-refractivity contribution in [3.05, 3.63) is 59.2 Å². The first-order valence-electron chi connectivity index (χ1n) is 8.15. The number of aromatic carboxylic acids is 1. The molecule has 0 spiro atoms. The largest absolute Gasteiger partial charge is 0.478 e. The third kappa shape index (κ3) is 5.27.